The molecule has 0 bridgehead atoms. The van der Waals surface area contributed by atoms with Gasteiger partial charge in [0.25, 0.3) is 5.91 Å². The van der Waals surface area contributed by atoms with Gasteiger partial charge in [-0.05, 0) is 70.9 Å². The van der Waals surface area contributed by atoms with Crippen molar-refractivity contribution in [2.45, 2.75) is 12.8 Å². The maximum atomic E-state index is 13.6. The number of Topliss-reactive ketones (excluding diaryl/α,β-unsaturated/α-hetero) is 1. The Morgan fingerprint density at radius 2 is 1.55 bits per heavy atom. The molecule has 1 amide bonds. The summed E-state index contributed by atoms with van der Waals surface area (Å²) in [6.07, 6.45) is 9.58. The minimum atomic E-state index is -0.221. The summed E-state index contributed by atoms with van der Waals surface area (Å²) in [6.45, 7) is 1.39. The molecular weight excluding hydrogens is 392 g/mol. The normalized spacial score (nSPS) is 20.3. The third-order valence-electron chi connectivity index (χ3n) is 5.68. The molecule has 7 nitrogen and oxygen atoms in total. The van der Waals surface area contributed by atoms with Gasteiger partial charge in [0.2, 0.25) is 0 Å². The lowest BCUT2D eigenvalue weighted by atomic mass is 9.85. The molecule has 0 atom stereocenters. The van der Waals surface area contributed by atoms with Crippen LogP contribution in [-0.2, 0) is 14.4 Å². The van der Waals surface area contributed by atoms with Crippen molar-refractivity contribution in [2.24, 2.45) is 4.99 Å². The van der Waals surface area contributed by atoms with Crippen molar-refractivity contribution >= 4 is 23.2 Å². The first kappa shape index (κ1) is 21.1. The van der Waals surface area contributed by atoms with E-state index >= 15 is 0 Å². The molecule has 160 valence electrons. The quantitative estimate of drug-likeness (QED) is 0.677. The van der Waals surface area contributed by atoms with E-state index in [1.807, 2.05) is 38.0 Å². The number of carbonyl (C=O) groups is 3. The first-order valence-electron chi connectivity index (χ1n) is 10.3. The standard InChI is InChI=1S/C24H26N4O3/c1-27(2)12-10-14-20-17(6-5-7-19(20)29)25-22(14)16-8-9-18-21(23(16)30)15(24(31)26-18)11-13-28(3)4/h5-9H,10-13H2,1-4H3,(H,26,31). The highest BCUT2D eigenvalue weighted by Gasteiger charge is 2.39. The number of rotatable bonds is 7. The Morgan fingerprint density at radius 1 is 0.871 bits per heavy atom. The van der Waals surface area contributed by atoms with Gasteiger partial charge in [0, 0.05) is 24.2 Å². The second-order valence-electron chi connectivity index (χ2n) is 8.49. The molecule has 31 heavy (non-hydrogen) atoms. The van der Waals surface area contributed by atoms with Crippen molar-refractivity contribution < 1.29 is 14.4 Å². The number of fused-ring (bicyclic) bond motifs is 2. The number of amides is 1. The highest BCUT2D eigenvalue weighted by molar-refractivity contribution is 6.38. The van der Waals surface area contributed by atoms with Crippen LogP contribution >= 0.6 is 0 Å². The number of nitrogens with zero attached hydrogens (tertiary/aromatic N) is 3. The van der Waals surface area contributed by atoms with Gasteiger partial charge in [-0.1, -0.05) is 6.08 Å². The SMILES string of the molecule is CN(C)CCC1=C2C(=O)C=CC=C2N=C1C1=CC=C2NC(=O)C(CCN(C)C)=C2C1=O. The molecule has 1 N–H and O–H groups in total. The molecule has 0 saturated heterocycles. The molecule has 0 aromatic heterocycles. The Labute approximate surface area is 181 Å². The molecule has 0 saturated carbocycles. The minimum absolute atomic E-state index is 0.0892. The summed E-state index contributed by atoms with van der Waals surface area (Å²) >= 11 is 0. The molecule has 2 aliphatic carbocycles. The number of hydrogen-bond acceptors (Lipinski definition) is 6. The molecule has 7 heteroatoms. The van der Waals surface area contributed by atoms with E-state index in [4.69, 9.17) is 0 Å². The first-order valence-corrected chi connectivity index (χ1v) is 10.3. The molecular formula is C24H26N4O3. The van der Waals surface area contributed by atoms with Gasteiger partial charge in [-0.15, -0.1) is 0 Å². The predicted octanol–water partition coefficient (Wildman–Crippen LogP) is 1.48. The van der Waals surface area contributed by atoms with Crippen molar-refractivity contribution in [3.63, 3.8) is 0 Å². The second-order valence-corrected chi connectivity index (χ2v) is 8.49. The van der Waals surface area contributed by atoms with E-state index in [1.165, 1.54) is 6.08 Å². The van der Waals surface area contributed by atoms with Crippen LogP contribution in [-0.4, -0.2) is 74.3 Å². The molecule has 2 heterocycles. The maximum absolute atomic E-state index is 13.6. The van der Waals surface area contributed by atoms with Crippen molar-refractivity contribution in [3.05, 3.63) is 69.6 Å². The van der Waals surface area contributed by atoms with Gasteiger partial charge in [-0.3, -0.25) is 14.4 Å². The van der Waals surface area contributed by atoms with Crippen molar-refractivity contribution in [3.8, 4) is 0 Å². The maximum Gasteiger partial charge on any atom is 0.252 e. The zero-order valence-electron chi connectivity index (χ0n) is 18.3. The molecule has 4 aliphatic rings. The van der Waals surface area contributed by atoms with Gasteiger partial charge >= 0.3 is 0 Å². The largest absolute Gasteiger partial charge is 0.322 e. The number of ketones is 2. The zero-order chi connectivity index (χ0) is 22.3. The Balaban J connectivity index is 1.75. The highest BCUT2D eigenvalue weighted by atomic mass is 16.2. The van der Waals surface area contributed by atoms with Crippen LogP contribution < -0.4 is 5.32 Å². The topological polar surface area (TPSA) is 82.1 Å². The summed E-state index contributed by atoms with van der Waals surface area (Å²) in [7, 11) is 7.79. The lowest BCUT2D eigenvalue weighted by Crippen LogP contribution is -2.23. The van der Waals surface area contributed by atoms with Gasteiger partial charge < -0.3 is 15.1 Å². The van der Waals surface area contributed by atoms with Crippen LogP contribution in [0.3, 0.4) is 0 Å². The number of hydrogen-bond donors (Lipinski definition) is 1. The van der Waals surface area contributed by atoms with E-state index in [2.05, 4.69) is 10.3 Å². The number of carbonyl (C=O) groups excluding carboxylic acids is 3. The van der Waals surface area contributed by atoms with Crippen LogP contribution in [0.15, 0.2) is 74.6 Å². The molecule has 4 rings (SSSR count). The van der Waals surface area contributed by atoms with E-state index in [0.29, 0.717) is 58.8 Å². The fourth-order valence-electron chi connectivity index (χ4n) is 4.08. The predicted molar refractivity (Wildman–Crippen MR) is 119 cm³/mol. The van der Waals surface area contributed by atoms with Crippen LogP contribution in [0.2, 0.25) is 0 Å². The Kier molecular flexibility index (Phi) is 5.56. The van der Waals surface area contributed by atoms with E-state index in [1.54, 1.807) is 24.3 Å². The van der Waals surface area contributed by atoms with E-state index in [9.17, 15) is 14.4 Å². The summed E-state index contributed by atoms with van der Waals surface area (Å²) < 4.78 is 0. The van der Waals surface area contributed by atoms with Crippen LogP contribution in [0.25, 0.3) is 0 Å². The summed E-state index contributed by atoms with van der Waals surface area (Å²) in [5.74, 6) is -0.527. The van der Waals surface area contributed by atoms with Crippen molar-refractivity contribution in [1.29, 1.82) is 0 Å². The molecule has 2 aliphatic heterocycles. The van der Waals surface area contributed by atoms with E-state index in [0.717, 1.165) is 12.1 Å². The summed E-state index contributed by atoms with van der Waals surface area (Å²) in [4.78, 5) is 47.4. The van der Waals surface area contributed by atoms with Crippen LogP contribution in [0, 0.1) is 0 Å². The lowest BCUT2D eigenvalue weighted by Gasteiger charge is -2.18. The van der Waals surface area contributed by atoms with Gasteiger partial charge in [0.1, 0.15) is 0 Å². The fourth-order valence-corrected chi connectivity index (χ4v) is 4.08. The fraction of sp³-hybridized carbons (Fsp3) is 0.333. The summed E-state index contributed by atoms with van der Waals surface area (Å²) in [5, 5.41) is 2.81. The Bertz CT molecular complexity index is 1110. The average Bonchev–Trinajstić information content (AvgIpc) is 3.23. The van der Waals surface area contributed by atoms with Crippen molar-refractivity contribution in [2.75, 3.05) is 41.3 Å². The highest BCUT2D eigenvalue weighted by Crippen LogP contribution is 2.37. The molecule has 0 aromatic rings. The monoisotopic (exact) mass is 418 g/mol. The zero-order valence-corrected chi connectivity index (χ0v) is 18.3. The molecule has 0 aromatic carbocycles. The Hall–Kier alpha value is -3.16. The van der Waals surface area contributed by atoms with E-state index < -0.39 is 0 Å². The third kappa shape index (κ3) is 3.82. The number of aliphatic imine (C=N–C) groups is 1. The molecule has 0 radical (unpaired) electrons. The number of nitrogens with one attached hydrogen (secondary N) is 1. The van der Waals surface area contributed by atoms with Crippen LogP contribution in [0.5, 0.6) is 0 Å². The number of allylic oxidation sites excluding steroid dienone is 8. The molecule has 0 spiro atoms. The van der Waals surface area contributed by atoms with Gasteiger partial charge in [-0.25, -0.2) is 4.99 Å². The third-order valence-corrected chi connectivity index (χ3v) is 5.68. The smallest absolute Gasteiger partial charge is 0.252 e. The van der Waals surface area contributed by atoms with Gasteiger partial charge in [0.05, 0.1) is 28.3 Å². The second kappa shape index (κ2) is 8.17. The van der Waals surface area contributed by atoms with Crippen LogP contribution in [0.4, 0.5) is 0 Å². The summed E-state index contributed by atoms with van der Waals surface area (Å²) in [5.41, 5.74) is 4.42. The van der Waals surface area contributed by atoms with Crippen LogP contribution in [0.1, 0.15) is 12.8 Å². The van der Waals surface area contributed by atoms with Gasteiger partial charge in [0.15, 0.2) is 11.6 Å². The van der Waals surface area contributed by atoms with Crippen molar-refractivity contribution in [1.82, 2.24) is 15.1 Å². The lowest BCUT2D eigenvalue weighted by molar-refractivity contribution is -0.116. The first-order chi connectivity index (χ1) is 14.8. The molecule has 0 fully saturated rings. The van der Waals surface area contributed by atoms with E-state index in [-0.39, 0.29) is 17.5 Å². The summed E-state index contributed by atoms with van der Waals surface area (Å²) in [6, 6.07) is 0. The Morgan fingerprint density at radius 3 is 2.23 bits per heavy atom. The molecule has 0 unspecified atom stereocenters. The average molecular weight is 418 g/mol. The van der Waals surface area contributed by atoms with Gasteiger partial charge in [-0.2, -0.15) is 0 Å². The minimum Gasteiger partial charge on any atom is -0.322 e.